The van der Waals surface area contributed by atoms with E-state index in [1.807, 2.05) is 0 Å². The van der Waals surface area contributed by atoms with E-state index in [0.29, 0.717) is 5.56 Å². The van der Waals surface area contributed by atoms with Crippen LogP contribution in [0.2, 0.25) is 0 Å². The van der Waals surface area contributed by atoms with E-state index in [0.717, 1.165) is 0 Å². The highest BCUT2D eigenvalue weighted by Gasteiger charge is 2.19. The second kappa shape index (κ2) is 9.38. The highest BCUT2D eigenvalue weighted by molar-refractivity contribution is 5.91. The van der Waals surface area contributed by atoms with Crippen molar-refractivity contribution >= 4 is 29.5 Å². The third-order valence-corrected chi connectivity index (χ3v) is 4.27. The molecule has 33 heavy (non-hydrogen) atoms. The molecule has 0 fully saturated rings. The first kappa shape index (κ1) is 22.6. The molecule has 0 saturated heterocycles. The summed E-state index contributed by atoms with van der Waals surface area (Å²) >= 11 is 0. The van der Waals surface area contributed by atoms with Crippen LogP contribution >= 0.6 is 0 Å². The topological polar surface area (TPSA) is 188 Å². The summed E-state index contributed by atoms with van der Waals surface area (Å²) in [7, 11) is 1.32. The van der Waals surface area contributed by atoms with Crippen LogP contribution in [-0.2, 0) is 0 Å². The molecule has 0 saturated carbocycles. The van der Waals surface area contributed by atoms with Gasteiger partial charge >= 0.3 is 22.9 Å². The summed E-state index contributed by atoms with van der Waals surface area (Å²) in [6.07, 6.45) is 2.55. The third kappa shape index (κ3) is 5.16. The molecule has 2 aromatic carbocycles. The molecule has 0 unspecified atom stereocenters. The van der Waals surface area contributed by atoms with E-state index >= 15 is 0 Å². The van der Waals surface area contributed by atoms with Gasteiger partial charge in [-0.3, -0.25) is 30.0 Å². The number of nitro groups is 2. The summed E-state index contributed by atoms with van der Waals surface area (Å²) in [4.78, 5) is 59.7. The quantitative estimate of drug-likeness (QED) is 0.233. The number of nitrogens with zero attached hydrogens (tertiary/aromatic N) is 2. The monoisotopic (exact) mass is 454 g/mol. The summed E-state index contributed by atoms with van der Waals surface area (Å²) < 4.78 is 10.5. The second-order valence-electron chi connectivity index (χ2n) is 6.36. The zero-order chi connectivity index (χ0) is 24.1. The Labute approximate surface area is 183 Å². The van der Waals surface area contributed by atoms with Crippen molar-refractivity contribution in [2.45, 2.75) is 0 Å². The summed E-state index contributed by atoms with van der Waals surface area (Å²) in [5.74, 6) is -0.585. The number of hydrogen-bond donors (Lipinski definition) is 2. The van der Waals surface area contributed by atoms with Crippen LogP contribution in [0, 0.1) is 20.2 Å². The Morgan fingerprint density at radius 1 is 0.939 bits per heavy atom. The Morgan fingerprint density at radius 3 is 2.24 bits per heavy atom. The lowest BCUT2D eigenvalue weighted by atomic mass is 10.1. The number of nitro benzene ring substituents is 1. The molecule has 0 aliphatic rings. The van der Waals surface area contributed by atoms with E-state index in [1.54, 1.807) is 4.98 Å². The number of carbonyl (C=O) groups is 1. The fourth-order valence-corrected chi connectivity index (χ4v) is 2.73. The molecule has 1 heterocycles. The second-order valence-corrected chi connectivity index (χ2v) is 6.36. The molecule has 3 aromatic rings. The number of non-ortho nitro benzene ring substituents is 1. The van der Waals surface area contributed by atoms with Crippen molar-refractivity contribution in [1.82, 2.24) is 9.97 Å². The van der Waals surface area contributed by atoms with E-state index in [4.69, 9.17) is 9.47 Å². The number of ether oxygens (including phenoxy) is 2. The van der Waals surface area contributed by atoms with Gasteiger partial charge in [0.25, 0.3) is 5.69 Å². The average molecular weight is 454 g/mol. The van der Waals surface area contributed by atoms with Gasteiger partial charge in [0.2, 0.25) is 0 Å². The zero-order valence-electron chi connectivity index (χ0n) is 16.8. The number of methoxy groups -OCH3 is 1. The molecular formula is C20H14N4O9. The van der Waals surface area contributed by atoms with Gasteiger partial charge < -0.3 is 14.5 Å². The van der Waals surface area contributed by atoms with Crippen LogP contribution in [0.5, 0.6) is 11.5 Å². The molecule has 0 radical (unpaired) electrons. The Kier molecular flexibility index (Phi) is 6.43. The van der Waals surface area contributed by atoms with Crippen molar-refractivity contribution in [3.8, 4) is 11.5 Å². The SMILES string of the molecule is COc1cc(/C=C/c2[nH]c(=O)[nH]c(=O)c2[N+](=O)[O-])ccc1OC(=O)c1ccc([N+](=O)[O-])cc1. The maximum absolute atomic E-state index is 12.3. The number of aromatic nitrogens is 2. The van der Waals surface area contributed by atoms with Gasteiger partial charge in [0, 0.05) is 12.1 Å². The van der Waals surface area contributed by atoms with E-state index in [-0.39, 0.29) is 28.4 Å². The zero-order valence-corrected chi connectivity index (χ0v) is 16.8. The number of H-pyrrole nitrogens is 2. The number of benzene rings is 2. The van der Waals surface area contributed by atoms with E-state index in [9.17, 15) is 34.6 Å². The van der Waals surface area contributed by atoms with E-state index in [2.05, 4.69) is 4.98 Å². The summed E-state index contributed by atoms with van der Waals surface area (Å²) in [5.41, 5.74) is -2.84. The smallest absolute Gasteiger partial charge is 0.357 e. The minimum atomic E-state index is -1.14. The molecule has 13 nitrogen and oxygen atoms in total. The molecule has 0 spiro atoms. The Balaban J connectivity index is 1.85. The van der Waals surface area contributed by atoms with Crippen molar-refractivity contribution in [1.29, 1.82) is 0 Å². The summed E-state index contributed by atoms with van der Waals surface area (Å²) in [5, 5.41) is 21.8. The maximum Gasteiger partial charge on any atom is 0.357 e. The van der Waals surface area contributed by atoms with Gasteiger partial charge in [-0.05, 0) is 35.9 Å². The number of esters is 1. The third-order valence-electron chi connectivity index (χ3n) is 4.27. The molecule has 0 bridgehead atoms. The van der Waals surface area contributed by atoms with Crippen LogP contribution in [0.4, 0.5) is 11.4 Å². The first-order chi connectivity index (χ1) is 15.7. The average Bonchev–Trinajstić information content (AvgIpc) is 2.77. The standard InChI is InChI=1S/C20H14N4O9/c1-32-16-10-11(2-8-14-17(24(30)31)18(25)22-20(27)21-14)3-9-15(16)33-19(26)12-4-6-13(7-5-12)23(28)29/h2-10H,1H3,(H2,21,22,25,27)/b8-2+. The largest absolute Gasteiger partial charge is 0.493 e. The Hall–Kier alpha value is -5.07. The van der Waals surface area contributed by atoms with Crippen molar-refractivity contribution in [3.05, 3.63) is 100 Å². The minimum Gasteiger partial charge on any atom is -0.493 e. The predicted octanol–water partition coefficient (Wildman–Crippen LogP) is 2.28. The lowest BCUT2D eigenvalue weighted by molar-refractivity contribution is -0.386. The highest BCUT2D eigenvalue weighted by Crippen LogP contribution is 2.30. The normalized spacial score (nSPS) is 10.7. The predicted molar refractivity (Wildman–Crippen MR) is 114 cm³/mol. The number of carbonyl (C=O) groups excluding carboxylic acids is 1. The highest BCUT2D eigenvalue weighted by atomic mass is 16.6. The fraction of sp³-hybridized carbons (Fsp3) is 0.0500. The fourth-order valence-electron chi connectivity index (χ4n) is 2.73. The minimum absolute atomic E-state index is 0.0496. The number of hydrogen-bond acceptors (Lipinski definition) is 9. The van der Waals surface area contributed by atoms with Crippen LogP contribution in [0.3, 0.4) is 0 Å². The number of rotatable bonds is 7. The molecule has 0 atom stereocenters. The van der Waals surface area contributed by atoms with Crippen LogP contribution in [0.25, 0.3) is 12.2 Å². The van der Waals surface area contributed by atoms with Crippen LogP contribution in [0.15, 0.2) is 52.1 Å². The lowest BCUT2D eigenvalue weighted by Crippen LogP contribution is -2.25. The van der Waals surface area contributed by atoms with E-state index < -0.39 is 32.8 Å². The van der Waals surface area contributed by atoms with Gasteiger partial charge in [-0.15, -0.1) is 0 Å². The first-order valence-corrected chi connectivity index (χ1v) is 9.03. The van der Waals surface area contributed by atoms with Gasteiger partial charge in [-0.25, -0.2) is 9.59 Å². The van der Waals surface area contributed by atoms with E-state index in [1.165, 1.54) is 61.7 Å². The molecular weight excluding hydrogens is 440 g/mol. The molecule has 0 amide bonds. The molecule has 13 heteroatoms. The summed E-state index contributed by atoms with van der Waals surface area (Å²) in [6, 6.07) is 9.18. The van der Waals surface area contributed by atoms with Gasteiger partial charge in [0.15, 0.2) is 11.5 Å². The van der Waals surface area contributed by atoms with Crippen molar-refractivity contribution in [2.24, 2.45) is 0 Å². The summed E-state index contributed by atoms with van der Waals surface area (Å²) in [6.45, 7) is 0. The van der Waals surface area contributed by atoms with Crippen LogP contribution in [-0.4, -0.2) is 32.9 Å². The number of nitrogens with one attached hydrogen (secondary N) is 2. The van der Waals surface area contributed by atoms with Crippen LogP contribution in [0.1, 0.15) is 21.6 Å². The molecule has 1 aromatic heterocycles. The first-order valence-electron chi connectivity index (χ1n) is 9.03. The van der Waals surface area contributed by atoms with Crippen molar-refractivity contribution in [2.75, 3.05) is 7.11 Å². The molecule has 0 aliphatic carbocycles. The Bertz CT molecular complexity index is 1390. The van der Waals surface area contributed by atoms with Crippen LogP contribution < -0.4 is 20.7 Å². The maximum atomic E-state index is 12.3. The van der Waals surface area contributed by atoms with Crippen molar-refractivity contribution in [3.63, 3.8) is 0 Å². The Morgan fingerprint density at radius 2 is 1.64 bits per heavy atom. The van der Waals surface area contributed by atoms with Crippen molar-refractivity contribution < 1.29 is 24.1 Å². The number of aromatic amines is 2. The molecule has 2 N–H and O–H groups in total. The van der Waals surface area contributed by atoms with Gasteiger partial charge in [-0.1, -0.05) is 12.1 Å². The lowest BCUT2D eigenvalue weighted by Gasteiger charge is -2.10. The molecule has 0 aliphatic heterocycles. The van der Waals surface area contributed by atoms with Gasteiger partial charge in [-0.2, -0.15) is 0 Å². The van der Waals surface area contributed by atoms with Gasteiger partial charge in [0.1, 0.15) is 5.69 Å². The molecule has 3 rings (SSSR count). The molecule has 168 valence electrons. The van der Waals surface area contributed by atoms with Gasteiger partial charge in [0.05, 0.1) is 22.5 Å².